The smallest absolute Gasteiger partial charge is 0.314 e. The highest BCUT2D eigenvalue weighted by Gasteiger charge is 2.14. The van der Waals surface area contributed by atoms with Crippen molar-refractivity contribution in [3.8, 4) is 0 Å². The number of ether oxygens (including phenoxy) is 1. The van der Waals surface area contributed by atoms with Crippen molar-refractivity contribution in [1.82, 2.24) is 10.6 Å². The van der Waals surface area contributed by atoms with Gasteiger partial charge in [-0.15, -0.1) is 0 Å². The van der Waals surface area contributed by atoms with Crippen LogP contribution in [0.2, 0.25) is 0 Å². The summed E-state index contributed by atoms with van der Waals surface area (Å²) in [7, 11) is 0. The van der Waals surface area contributed by atoms with Gasteiger partial charge in [-0.25, -0.2) is 4.79 Å². The number of hydrogen-bond donors (Lipinski definition) is 3. The van der Waals surface area contributed by atoms with E-state index in [0.29, 0.717) is 19.3 Å². The Balaban J connectivity index is 1.55. The minimum atomic E-state index is -0.687. The number of nitrogens with one attached hydrogen (secondary N) is 2. The summed E-state index contributed by atoms with van der Waals surface area (Å²) in [6.45, 7) is 3.42. The lowest BCUT2D eigenvalue weighted by Gasteiger charge is -2.15. The Morgan fingerprint density at radius 2 is 2.04 bits per heavy atom. The summed E-state index contributed by atoms with van der Waals surface area (Å²) in [6, 6.07) is 7.39. The second-order valence-corrected chi connectivity index (χ2v) is 6.14. The molecule has 0 unspecified atom stereocenters. The minimum Gasteiger partial charge on any atom is -0.387 e. The average molecular weight is 320 g/mol. The molecule has 3 N–H and O–H groups in total. The van der Waals surface area contributed by atoms with E-state index in [4.69, 9.17) is 4.74 Å². The fourth-order valence-electron chi connectivity index (χ4n) is 2.90. The number of amides is 2. The maximum atomic E-state index is 11.7. The van der Waals surface area contributed by atoms with E-state index in [-0.39, 0.29) is 12.6 Å². The molecule has 1 atom stereocenters. The van der Waals surface area contributed by atoms with E-state index in [1.807, 2.05) is 31.2 Å². The molecule has 5 heteroatoms. The van der Waals surface area contributed by atoms with Crippen LogP contribution in [-0.4, -0.2) is 36.9 Å². The highest BCUT2D eigenvalue weighted by Crippen LogP contribution is 2.20. The lowest BCUT2D eigenvalue weighted by atomic mass is 10.0. The van der Waals surface area contributed by atoms with Gasteiger partial charge in [0.05, 0.1) is 12.2 Å². The molecular formula is C18H28N2O3. The molecule has 128 valence electrons. The zero-order valence-electron chi connectivity index (χ0n) is 13.9. The number of urea groups is 1. The molecule has 0 spiro atoms. The Hall–Kier alpha value is -1.59. The normalized spacial score (nSPS) is 16.3. The van der Waals surface area contributed by atoms with Crippen LogP contribution >= 0.6 is 0 Å². The third-order valence-corrected chi connectivity index (χ3v) is 4.27. The van der Waals surface area contributed by atoms with Gasteiger partial charge in [-0.05, 0) is 37.3 Å². The lowest BCUT2D eigenvalue weighted by Crippen LogP contribution is -2.38. The molecule has 23 heavy (non-hydrogen) atoms. The number of benzene rings is 1. The predicted molar refractivity (Wildman–Crippen MR) is 90.4 cm³/mol. The van der Waals surface area contributed by atoms with Gasteiger partial charge >= 0.3 is 6.03 Å². The molecule has 0 aromatic heterocycles. The van der Waals surface area contributed by atoms with Crippen molar-refractivity contribution < 1.29 is 14.6 Å². The van der Waals surface area contributed by atoms with Gasteiger partial charge in [-0.3, -0.25) is 0 Å². The topological polar surface area (TPSA) is 70.6 Å². The summed E-state index contributed by atoms with van der Waals surface area (Å²) < 4.78 is 5.74. The van der Waals surface area contributed by atoms with Gasteiger partial charge in [-0.1, -0.05) is 37.1 Å². The number of rotatable bonds is 8. The summed E-state index contributed by atoms with van der Waals surface area (Å²) in [5, 5.41) is 15.6. The van der Waals surface area contributed by atoms with Crippen LogP contribution in [0.25, 0.3) is 0 Å². The molecule has 0 radical (unpaired) electrons. The molecule has 0 bridgehead atoms. The molecular weight excluding hydrogens is 292 g/mol. The van der Waals surface area contributed by atoms with E-state index in [1.54, 1.807) is 0 Å². The van der Waals surface area contributed by atoms with Crippen molar-refractivity contribution in [2.45, 2.75) is 51.2 Å². The van der Waals surface area contributed by atoms with E-state index in [2.05, 4.69) is 10.6 Å². The first-order chi connectivity index (χ1) is 11.2. The number of hydrogen-bond acceptors (Lipinski definition) is 3. The van der Waals surface area contributed by atoms with Crippen LogP contribution in [0.4, 0.5) is 4.79 Å². The zero-order chi connectivity index (χ0) is 16.5. The quantitative estimate of drug-likeness (QED) is 0.645. The lowest BCUT2D eigenvalue weighted by molar-refractivity contribution is 0.0571. The van der Waals surface area contributed by atoms with Gasteiger partial charge in [-0.2, -0.15) is 0 Å². The fraction of sp³-hybridized carbons (Fsp3) is 0.611. The van der Waals surface area contributed by atoms with Crippen molar-refractivity contribution >= 4 is 6.03 Å². The summed E-state index contributed by atoms with van der Waals surface area (Å²) in [5.41, 5.74) is 1.86. The third kappa shape index (κ3) is 6.20. The highest BCUT2D eigenvalue weighted by molar-refractivity contribution is 5.73. The molecule has 0 saturated heterocycles. The van der Waals surface area contributed by atoms with Crippen LogP contribution in [0, 0.1) is 6.92 Å². The van der Waals surface area contributed by atoms with Crippen molar-refractivity contribution in [3.63, 3.8) is 0 Å². The number of carbonyl (C=O) groups is 1. The molecule has 1 aromatic carbocycles. The Morgan fingerprint density at radius 3 is 2.78 bits per heavy atom. The fourth-order valence-corrected chi connectivity index (χ4v) is 2.90. The van der Waals surface area contributed by atoms with E-state index in [0.717, 1.165) is 17.5 Å². The van der Waals surface area contributed by atoms with Gasteiger partial charge in [0.15, 0.2) is 0 Å². The molecule has 0 heterocycles. The first-order valence-electron chi connectivity index (χ1n) is 8.53. The Kier molecular flexibility index (Phi) is 7.36. The molecule has 2 amide bonds. The molecule has 1 fully saturated rings. The summed E-state index contributed by atoms with van der Waals surface area (Å²) in [6.07, 6.45) is 5.43. The van der Waals surface area contributed by atoms with Crippen LogP contribution in [0.1, 0.15) is 49.3 Å². The molecule has 0 aliphatic heterocycles. The second-order valence-electron chi connectivity index (χ2n) is 6.14. The molecule has 1 aromatic rings. The summed E-state index contributed by atoms with van der Waals surface area (Å²) in [5.74, 6) is 0. The van der Waals surface area contributed by atoms with Crippen LogP contribution in [0.5, 0.6) is 0 Å². The van der Waals surface area contributed by atoms with Crippen molar-refractivity contribution in [3.05, 3.63) is 35.4 Å². The van der Waals surface area contributed by atoms with Gasteiger partial charge < -0.3 is 20.5 Å². The van der Waals surface area contributed by atoms with Crippen molar-refractivity contribution in [2.75, 3.05) is 19.7 Å². The van der Waals surface area contributed by atoms with Crippen LogP contribution in [0.15, 0.2) is 24.3 Å². The number of carbonyl (C=O) groups excluding carboxylic acids is 1. The minimum absolute atomic E-state index is 0.204. The Morgan fingerprint density at radius 1 is 1.30 bits per heavy atom. The maximum absolute atomic E-state index is 11.7. The largest absolute Gasteiger partial charge is 0.387 e. The number of aryl methyl sites for hydroxylation is 1. The number of aliphatic hydroxyl groups is 1. The van der Waals surface area contributed by atoms with Gasteiger partial charge in [0.1, 0.15) is 0 Å². The standard InChI is InChI=1S/C18H28N2O3/c1-14-7-2-5-10-16(14)17(21)13-20-18(22)19-11-6-12-23-15-8-3-4-9-15/h2,5,7,10,15,17,21H,3-4,6,8-9,11-13H2,1H3,(H2,19,20,22)/t17-/m0/s1. The Bertz CT molecular complexity index is 487. The van der Waals surface area contributed by atoms with Crippen LogP contribution in [0.3, 0.4) is 0 Å². The monoisotopic (exact) mass is 320 g/mol. The van der Waals surface area contributed by atoms with Crippen molar-refractivity contribution in [1.29, 1.82) is 0 Å². The van der Waals surface area contributed by atoms with Crippen LogP contribution in [-0.2, 0) is 4.74 Å². The summed E-state index contributed by atoms with van der Waals surface area (Å²) >= 11 is 0. The van der Waals surface area contributed by atoms with E-state index in [1.165, 1.54) is 25.7 Å². The first-order valence-corrected chi connectivity index (χ1v) is 8.53. The van der Waals surface area contributed by atoms with E-state index < -0.39 is 6.10 Å². The maximum Gasteiger partial charge on any atom is 0.314 e. The SMILES string of the molecule is Cc1ccccc1[C@@H](O)CNC(=O)NCCCOC1CCCC1. The predicted octanol–water partition coefficient (Wildman–Crippen LogP) is 2.68. The average Bonchev–Trinajstić information content (AvgIpc) is 3.06. The molecule has 1 aliphatic rings. The summed E-state index contributed by atoms with van der Waals surface area (Å²) in [4.78, 5) is 11.7. The zero-order valence-corrected chi connectivity index (χ0v) is 13.9. The van der Waals surface area contributed by atoms with Gasteiger partial charge in [0, 0.05) is 19.7 Å². The number of aliphatic hydroxyl groups excluding tert-OH is 1. The van der Waals surface area contributed by atoms with E-state index >= 15 is 0 Å². The van der Waals surface area contributed by atoms with E-state index in [9.17, 15) is 9.90 Å². The molecule has 5 nitrogen and oxygen atoms in total. The Labute approximate surface area is 138 Å². The van der Waals surface area contributed by atoms with Crippen LogP contribution < -0.4 is 10.6 Å². The molecule has 1 saturated carbocycles. The third-order valence-electron chi connectivity index (χ3n) is 4.27. The molecule has 2 rings (SSSR count). The van der Waals surface area contributed by atoms with Gasteiger partial charge in [0.25, 0.3) is 0 Å². The van der Waals surface area contributed by atoms with Crippen molar-refractivity contribution in [2.24, 2.45) is 0 Å². The second kappa shape index (κ2) is 9.53. The first kappa shape index (κ1) is 17.8. The van der Waals surface area contributed by atoms with Gasteiger partial charge in [0.2, 0.25) is 0 Å². The highest BCUT2D eigenvalue weighted by atomic mass is 16.5. The molecule has 1 aliphatic carbocycles.